The quantitative estimate of drug-likeness (QED) is 0.882. The molecule has 0 aliphatic carbocycles. The van der Waals surface area contributed by atoms with Crippen LogP contribution in [0, 0.1) is 5.82 Å². The van der Waals surface area contributed by atoms with Crippen molar-refractivity contribution in [1.29, 1.82) is 0 Å². The van der Waals surface area contributed by atoms with Gasteiger partial charge in [0.25, 0.3) is 0 Å². The summed E-state index contributed by atoms with van der Waals surface area (Å²) in [4.78, 5) is 0. The van der Waals surface area contributed by atoms with Crippen molar-refractivity contribution in [1.82, 2.24) is 0 Å². The topological polar surface area (TPSA) is 38.7 Å². The van der Waals surface area contributed by atoms with E-state index in [0.29, 0.717) is 17.7 Å². The lowest BCUT2D eigenvalue weighted by atomic mass is 9.95. The molecule has 0 bridgehead atoms. The van der Waals surface area contributed by atoms with Gasteiger partial charge < -0.3 is 14.6 Å². The van der Waals surface area contributed by atoms with E-state index in [0.717, 1.165) is 15.8 Å². The molecule has 0 radical (unpaired) electrons. The predicted molar refractivity (Wildman–Crippen MR) is 80.0 cm³/mol. The molecule has 21 heavy (non-hydrogen) atoms. The maximum absolute atomic E-state index is 13.3. The van der Waals surface area contributed by atoms with Gasteiger partial charge in [-0.25, -0.2) is 4.39 Å². The fourth-order valence-electron chi connectivity index (χ4n) is 2.50. The Labute approximate surface area is 130 Å². The summed E-state index contributed by atoms with van der Waals surface area (Å²) in [6, 6.07) is 9.80. The lowest BCUT2D eigenvalue weighted by molar-refractivity contribution is 0.0653. The molecule has 0 fully saturated rings. The smallest absolute Gasteiger partial charge is 0.133 e. The maximum Gasteiger partial charge on any atom is 0.133 e. The number of fused-ring (bicyclic) bond motifs is 1. The highest BCUT2D eigenvalue weighted by Crippen LogP contribution is 2.42. The zero-order chi connectivity index (χ0) is 15.0. The lowest BCUT2D eigenvalue weighted by Crippen LogP contribution is -2.19. The molecule has 1 N–H and O–H groups in total. The Morgan fingerprint density at radius 3 is 2.81 bits per heavy atom. The summed E-state index contributed by atoms with van der Waals surface area (Å²) in [6.07, 6.45) is -0.561. The number of hydrogen-bond donors (Lipinski definition) is 1. The van der Waals surface area contributed by atoms with Gasteiger partial charge in [0.1, 0.15) is 23.4 Å². The van der Waals surface area contributed by atoms with Crippen molar-refractivity contribution < 1.29 is 19.0 Å². The highest BCUT2D eigenvalue weighted by Gasteiger charge is 2.28. The number of rotatable bonds is 2. The van der Waals surface area contributed by atoms with Gasteiger partial charge in [-0.1, -0.05) is 6.07 Å². The molecular formula is C16H14BrFO3. The normalized spacial score (nSPS) is 20.6. The second-order valence-corrected chi connectivity index (χ2v) is 5.79. The van der Waals surface area contributed by atoms with E-state index in [4.69, 9.17) is 9.47 Å². The highest BCUT2D eigenvalue weighted by atomic mass is 79.9. The molecule has 2 atom stereocenters. The minimum Gasteiger partial charge on any atom is -0.496 e. The first-order chi connectivity index (χ1) is 10.1. The number of hydrogen-bond acceptors (Lipinski definition) is 3. The average molecular weight is 353 g/mol. The van der Waals surface area contributed by atoms with E-state index >= 15 is 0 Å². The van der Waals surface area contributed by atoms with Gasteiger partial charge in [-0.15, -0.1) is 0 Å². The van der Waals surface area contributed by atoms with Gasteiger partial charge in [-0.2, -0.15) is 0 Å². The minimum atomic E-state index is -0.666. The number of halogens is 2. The molecule has 2 aromatic rings. The molecule has 1 aliphatic heterocycles. The Bertz CT molecular complexity index is 675. The lowest BCUT2D eigenvalue weighted by Gasteiger charge is -2.30. The van der Waals surface area contributed by atoms with E-state index in [1.54, 1.807) is 13.2 Å². The number of aliphatic hydroxyl groups excluding tert-OH is 1. The largest absolute Gasteiger partial charge is 0.496 e. The van der Waals surface area contributed by atoms with E-state index in [-0.39, 0.29) is 11.9 Å². The van der Waals surface area contributed by atoms with Crippen LogP contribution >= 0.6 is 15.9 Å². The first-order valence-corrected chi connectivity index (χ1v) is 7.35. The van der Waals surface area contributed by atoms with E-state index < -0.39 is 6.10 Å². The summed E-state index contributed by atoms with van der Waals surface area (Å²) in [5, 5.41) is 10.2. The fourth-order valence-corrected chi connectivity index (χ4v) is 3.06. The third-order valence-corrected chi connectivity index (χ3v) is 4.21. The summed E-state index contributed by atoms with van der Waals surface area (Å²) < 4.78 is 25.2. The molecule has 0 saturated carbocycles. The van der Waals surface area contributed by atoms with E-state index in [2.05, 4.69) is 15.9 Å². The minimum absolute atomic E-state index is 0.323. The van der Waals surface area contributed by atoms with Gasteiger partial charge in [-0.3, -0.25) is 0 Å². The third-order valence-electron chi connectivity index (χ3n) is 3.59. The van der Waals surface area contributed by atoms with Crippen molar-refractivity contribution in [2.75, 3.05) is 7.11 Å². The summed E-state index contributed by atoms with van der Waals surface area (Å²) in [6.45, 7) is 0. The Morgan fingerprint density at radius 2 is 2.10 bits per heavy atom. The molecule has 0 aromatic heterocycles. The monoisotopic (exact) mass is 352 g/mol. The SMILES string of the molecule is COc1ccc(C2C[C@@H](O)c3ccc(F)cc3O2)cc1Br. The van der Waals surface area contributed by atoms with Crippen LogP contribution in [0.1, 0.15) is 29.8 Å². The average Bonchev–Trinajstić information content (AvgIpc) is 2.46. The van der Waals surface area contributed by atoms with Crippen molar-refractivity contribution in [3.05, 3.63) is 57.8 Å². The molecule has 0 spiro atoms. The van der Waals surface area contributed by atoms with Crippen molar-refractivity contribution in [2.24, 2.45) is 0 Å². The molecule has 0 saturated heterocycles. The fraction of sp³-hybridized carbons (Fsp3) is 0.250. The molecule has 1 aliphatic rings. The Morgan fingerprint density at radius 1 is 1.29 bits per heavy atom. The van der Waals surface area contributed by atoms with Crippen LogP contribution in [-0.2, 0) is 0 Å². The molecule has 3 nitrogen and oxygen atoms in total. The zero-order valence-corrected chi connectivity index (χ0v) is 12.9. The summed E-state index contributed by atoms with van der Waals surface area (Å²) >= 11 is 3.43. The predicted octanol–water partition coefficient (Wildman–Crippen LogP) is 4.15. The molecule has 0 amide bonds. The van der Waals surface area contributed by atoms with Crippen LogP contribution in [0.5, 0.6) is 11.5 Å². The summed E-state index contributed by atoms with van der Waals surface area (Å²) in [7, 11) is 1.60. The summed E-state index contributed by atoms with van der Waals surface area (Å²) in [5.74, 6) is 0.741. The highest BCUT2D eigenvalue weighted by molar-refractivity contribution is 9.10. The van der Waals surface area contributed by atoms with E-state index in [1.165, 1.54) is 12.1 Å². The van der Waals surface area contributed by atoms with Crippen LogP contribution in [0.25, 0.3) is 0 Å². The van der Waals surface area contributed by atoms with Crippen molar-refractivity contribution in [2.45, 2.75) is 18.6 Å². The standard InChI is InChI=1S/C16H14BrFO3/c1-20-14-5-2-9(6-12(14)17)15-8-13(19)11-4-3-10(18)7-16(11)21-15/h2-7,13,15,19H,8H2,1H3/t13-,15?/m1/s1. The van der Waals surface area contributed by atoms with Crippen molar-refractivity contribution in [3.8, 4) is 11.5 Å². The summed E-state index contributed by atoms with van der Waals surface area (Å²) in [5.41, 5.74) is 1.52. The van der Waals surface area contributed by atoms with E-state index in [1.807, 2.05) is 18.2 Å². The Hall–Kier alpha value is -1.59. The van der Waals surface area contributed by atoms with Gasteiger partial charge in [0.05, 0.1) is 17.7 Å². The first-order valence-electron chi connectivity index (χ1n) is 6.56. The van der Waals surface area contributed by atoms with Crippen LogP contribution in [0.4, 0.5) is 4.39 Å². The Balaban J connectivity index is 1.93. The second-order valence-electron chi connectivity index (χ2n) is 4.93. The number of methoxy groups -OCH3 is 1. The zero-order valence-electron chi connectivity index (χ0n) is 11.3. The number of benzene rings is 2. The first kappa shape index (κ1) is 14.4. The molecule has 1 unspecified atom stereocenters. The second kappa shape index (κ2) is 5.66. The third kappa shape index (κ3) is 2.76. The molecular weight excluding hydrogens is 339 g/mol. The molecule has 3 rings (SSSR count). The van der Waals surface area contributed by atoms with Gasteiger partial charge in [0.15, 0.2) is 0 Å². The van der Waals surface area contributed by atoms with Gasteiger partial charge in [0, 0.05) is 18.1 Å². The number of ether oxygens (including phenoxy) is 2. The van der Waals surface area contributed by atoms with E-state index in [9.17, 15) is 9.50 Å². The van der Waals surface area contributed by atoms with Crippen LogP contribution in [0.15, 0.2) is 40.9 Å². The molecule has 110 valence electrons. The number of aliphatic hydroxyl groups is 1. The van der Waals surface area contributed by atoms with Crippen LogP contribution in [0.2, 0.25) is 0 Å². The van der Waals surface area contributed by atoms with Gasteiger partial charge >= 0.3 is 0 Å². The van der Waals surface area contributed by atoms with Crippen LogP contribution in [0.3, 0.4) is 0 Å². The van der Waals surface area contributed by atoms with Crippen LogP contribution in [-0.4, -0.2) is 12.2 Å². The Kier molecular flexibility index (Phi) is 3.87. The van der Waals surface area contributed by atoms with Crippen molar-refractivity contribution in [3.63, 3.8) is 0 Å². The van der Waals surface area contributed by atoms with Gasteiger partial charge in [0.2, 0.25) is 0 Å². The molecule has 5 heteroatoms. The van der Waals surface area contributed by atoms with Crippen LogP contribution < -0.4 is 9.47 Å². The van der Waals surface area contributed by atoms with Gasteiger partial charge in [-0.05, 0) is 45.8 Å². The molecule has 1 heterocycles. The van der Waals surface area contributed by atoms with Crippen molar-refractivity contribution >= 4 is 15.9 Å². The maximum atomic E-state index is 13.3. The molecule has 2 aromatic carbocycles.